The van der Waals surface area contributed by atoms with Crippen LogP contribution in [0.3, 0.4) is 0 Å². The fourth-order valence-corrected chi connectivity index (χ4v) is 1.85. The number of aryl methyl sites for hydroxylation is 2. The summed E-state index contributed by atoms with van der Waals surface area (Å²) in [6.07, 6.45) is 0. The van der Waals surface area contributed by atoms with Crippen LogP contribution in [0.5, 0.6) is 0 Å². The van der Waals surface area contributed by atoms with Crippen LogP contribution in [0.25, 0.3) is 0 Å². The number of hydrogen-bond acceptors (Lipinski definition) is 3. The standard InChI is InChI=1S/C14H12FNO4/c1-7-5-10(8(2)20-7)13(17)16-12-4-3-9(15)6-11(12)14(18)19/h3-6H,1-2H3,(H,16,17)(H,18,19). The summed E-state index contributed by atoms with van der Waals surface area (Å²) in [5, 5.41) is 11.4. The molecule has 0 bridgehead atoms. The number of carbonyl (C=O) groups excluding carboxylic acids is 1. The van der Waals surface area contributed by atoms with E-state index >= 15 is 0 Å². The van der Waals surface area contributed by atoms with E-state index in [2.05, 4.69) is 5.32 Å². The molecule has 0 unspecified atom stereocenters. The van der Waals surface area contributed by atoms with Gasteiger partial charge < -0.3 is 14.8 Å². The van der Waals surface area contributed by atoms with Crippen LogP contribution in [0.1, 0.15) is 32.2 Å². The normalized spacial score (nSPS) is 10.3. The van der Waals surface area contributed by atoms with Crippen LogP contribution in [0.4, 0.5) is 10.1 Å². The van der Waals surface area contributed by atoms with Gasteiger partial charge in [-0.05, 0) is 38.1 Å². The molecule has 0 aliphatic carbocycles. The minimum absolute atomic E-state index is 0.0298. The number of carboxylic acids is 1. The third-order valence-electron chi connectivity index (χ3n) is 2.75. The first-order chi connectivity index (χ1) is 9.38. The number of hydrogen-bond donors (Lipinski definition) is 2. The SMILES string of the molecule is Cc1cc(C(=O)Nc2ccc(F)cc2C(=O)O)c(C)o1. The van der Waals surface area contributed by atoms with Gasteiger partial charge in [-0.1, -0.05) is 0 Å². The van der Waals surface area contributed by atoms with Gasteiger partial charge in [0, 0.05) is 0 Å². The van der Waals surface area contributed by atoms with Crippen molar-refractivity contribution in [1.29, 1.82) is 0 Å². The Morgan fingerprint density at radius 3 is 2.45 bits per heavy atom. The highest BCUT2D eigenvalue weighted by atomic mass is 19.1. The number of rotatable bonds is 3. The number of anilines is 1. The molecule has 0 aliphatic rings. The molecule has 0 spiro atoms. The summed E-state index contributed by atoms with van der Waals surface area (Å²) < 4.78 is 18.3. The number of carbonyl (C=O) groups is 2. The Kier molecular flexibility index (Phi) is 3.56. The van der Waals surface area contributed by atoms with E-state index in [9.17, 15) is 14.0 Å². The number of carboxylic acid groups (broad SMARTS) is 1. The Labute approximate surface area is 114 Å². The van der Waals surface area contributed by atoms with E-state index in [0.717, 1.165) is 12.1 Å². The molecule has 0 atom stereocenters. The zero-order chi connectivity index (χ0) is 14.9. The van der Waals surface area contributed by atoms with Crippen molar-refractivity contribution in [2.75, 3.05) is 5.32 Å². The van der Waals surface area contributed by atoms with Gasteiger partial charge in [0.05, 0.1) is 16.8 Å². The van der Waals surface area contributed by atoms with Gasteiger partial charge in [0.25, 0.3) is 5.91 Å². The predicted molar refractivity (Wildman–Crippen MR) is 69.5 cm³/mol. The summed E-state index contributed by atoms with van der Waals surface area (Å²) in [6, 6.07) is 4.69. The van der Waals surface area contributed by atoms with E-state index in [-0.39, 0.29) is 11.3 Å². The van der Waals surface area contributed by atoms with Crippen LogP contribution >= 0.6 is 0 Å². The van der Waals surface area contributed by atoms with Crippen molar-refractivity contribution in [3.8, 4) is 0 Å². The quantitative estimate of drug-likeness (QED) is 0.903. The highest BCUT2D eigenvalue weighted by Gasteiger charge is 2.17. The Hall–Kier alpha value is -2.63. The van der Waals surface area contributed by atoms with Crippen molar-refractivity contribution in [1.82, 2.24) is 0 Å². The molecule has 0 aliphatic heterocycles. The maximum absolute atomic E-state index is 13.0. The lowest BCUT2D eigenvalue weighted by Crippen LogP contribution is -2.15. The highest BCUT2D eigenvalue weighted by Crippen LogP contribution is 2.20. The third-order valence-corrected chi connectivity index (χ3v) is 2.75. The van der Waals surface area contributed by atoms with Crippen molar-refractivity contribution in [3.63, 3.8) is 0 Å². The molecule has 0 saturated carbocycles. The average molecular weight is 277 g/mol. The van der Waals surface area contributed by atoms with Crippen LogP contribution < -0.4 is 5.32 Å². The molecule has 104 valence electrons. The largest absolute Gasteiger partial charge is 0.478 e. The van der Waals surface area contributed by atoms with Crippen molar-refractivity contribution in [2.45, 2.75) is 13.8 Å². The van der Waals surface area contributed by atoms with Gasteiger partial charge in [-0.15, -0.1) is 0 Å². The molecule has 0 saturated heterocycles. The van der Waals surface area contributed by atoms with Crippen molar-refractivity contribution in [2.24, 2.45) is 0 Å². The van der Waals surface area contributed by atoms with Gasteiger partial charge in [-0.25, -0.2) is 9.18 Å². The number of nitrogens with one attached hydrogen (secondary N) is 1. The molecule has 5 nitrogen and oxygen atoms in total. The van der Waals surface area contributed by atoms with Crippen LogP contribution in [0.15, 0.2) is 28.7 Å². The fraction of sp³-hybridized carbons (Fsp3) is 0.143. The zero-order valence-electron chi connectivity index (χ0n) is 10.9. The number of furan rings is 1. The lowest BCUT2D eigenvalue weighted by molar-refractivity contribution is 0.0697. The van der Waals surface area contributed by atoms with E-state index in [1.165, 1.54) is 6.07 Å². The molecule has 1 heterocycles. The summed E-state index contributed by atoms with van der Waals surface area (Å²) >= 11 is 0. The van der Waals surface area contributed by atoms with E-state index in [4.69, 9.17) is 9.52 Å². The molecule has 0 radical (unpaired) electrons. The fourth-order valence-electron chi connectivity index (χ4n) is 1.85. The highest BCUT2D eigenvalue weighted by molar-refractivity contribution is 6.08. The smallest absolute Gasteiger partial charge is 0.337 e. The molecular formula is C14H12FNO4. The molecule has 1 aromatic carbocycles. The Morgan fingerprint density at radius 2 is 1.90 bits per heavy atom. The third kappa shape index (κ3) is 2.69. The van der Waals surface area contributed by atoms with Gasteiger partial charge >= 0.3 is 5.97 Å². The van der Waals surface area contributed by atoms with Gasteiger partial charge in [0.15, 0.2) is 0 Å². The summed E-state index contributed by atoms with van der Waals surface area (Å²) in [7, 11) is 0. The first-order valence-corrected chi connectivity index (χ1v) is 5.79. The summed E-state index contributed by atoms with van der Waals surface area (Å²) in [6.45, 7) is 3.33. The first-order valence-electron chi connectivity index (χ1n) is 5.79. The Bertz CT molecular complexity index is 690. The van der Waals surface area contributed by atoms with Gasteiger partial charge in [0.2, 0.25) is 0 Å². The van der Waals surface area contributed by atoms with Crippen molar-refractivity contribution in [3.05, 3.63) is 52.7 Å². The monoisotopic (exact) mass is 277 g/mol. The molecule has 2 rings (SSSR count). The van der Waals surface area contributed by atoms with Crippen LogP contribution in [0.2, 0.25) is 0 Å². The minimum Gasteiger partial charge on any atom is -0.478 e. The van der Waals surface area contributed by atoms with Crippen molar-refractivity contribution < 1.29 is 23.5 Å². The Balaban J connectivity index is 2.33. The molecule has 2 aromatic rings. The lowest BCUT2D eigenvalue weighted by Gasteiger charge is -2.08. The predicted octanol–water partition coefficient (Wildman–Crippen LogP) is 2.99. The second-order valence-corrected chi connectivity index (χ2v) is 4.28. The Morgan fingerprint density at radius 1 is 1.20 bits per heavy atom. The van der Waals surface area contributed by atoms with E-state index in [1.54, 1.807) is 19.9 Å². The second kappa shape index (κ2) is 5.16. The summed E-state index contributed by atoms with van der Waals surface area (Å²) in [5.41, 5.74) is 0.0292. The maximum atomic E-state index is 13.0. The lowest BCUT2D eigenvalue weighted by atomic mass is 10.1. The maximum Gasteiger partial charge on any atom is 0.337 e. The average Bonchev–Trinajstić information content (AvgIpc) is 2.70. The minimum atomic E-state index is -1.32. The molecule has 6 heteroatoms. The van der Waals surface area contributed by atoms with E-state index in [0.29, 0.717) is 17.1 Å². The molecular weight excluding hydrogens is 265 g/mol. The van der Waals surface area contributed by atoms with Crippen LogP contribution in [0, 0.1) is 19.7 Å². The molecule has 1 amide bonds. The van der Waals surface area contributed by atoms with E-state index < -0.39 is 17.7 Å². The van der Waals surface area contributed by atoms with Crippen molar-refractivity contribution >= 4 is 17.6 Å². The summed E-state index contributed by atoms with van der Waals surface area (Å²) in [4.78, 5) is 23.1. The zero-order valence-corrected chi connectivity index (χ0v) is 10.9. The first kappa shape index (κ1) is 13.8. The summed E-state index contributed by atoms with van der Waals surface area (Å²) in [5.74, 6) is -1.51. The van der Waals surface area contributed by atoms with Gasteiger partial charge in [0.1, 0.15) is 17.3 Å². The molecule has 20 heavy (non-hydrogen) atoms. The molecule has 0 fully saturated rings. The van der Waals surface area contributed by atoms with Crippen LogP contribution in [-0.4, -0.2) is 17.0 Å². The number of halogens is 1. The number of amides is 1. The molecule has 2 N–H and O–H groups in total. The van der Waals surface area contributed by atoms with Crippen LogP contribution in [-0.2, 0) is 0 Å². The number of benzene rings is 1. The second-order valence-electron chi connectivity index (χ2n) is 4.28. The molecule has 1 aromatic heterocycles. The van der Waals surface area contributed by atoms with Gasteiger partial charge in [-0.3, -0.25) is 4.79 Å². The van der Waals surface area contributed by atoms with Gasteiger partial charge in [-0.2, -0.15) is 0 Å². The number of aromatic carboxylic acids is 1. The van der Waals surface area contributed by atoms with E-state index in [1.807, 2.05) is 0 Å². The topological polar surface area (TPSA) is 79.5 Å².